The van der Waals surface area contributed by atoms with Crippen LogP contribution in [0.25, 0.3) is 27.3 Å². The molecule has 2 aliphatic carbocycles. The summed E-state index contributed by atoms with van der Waals surface area (Å²) < 4.78 is 16.2. The van der Waals surface area contributed by atoms with Gasteiger partial charge in [-0.3, -0.25) is 4.40 Å². The average molecular weight is 466 g/mol. The zero-order valence-corrected chi connectivity index (χ0v) is 20.1. The molecule has 1 aromatic carbocycles. The van der Waals surface area contributed by atoms with Crippen LogP contribution >= 0.6 is 11.3 Å². The number of nitrogens with one attached hydrogen (secondary N) is 1. The highest BCUT2D eigenvalue weighted by Crippen LogP contribution is 2.37. The molecule has 6 rings (SSSR count). The van der Waals surface area contributed by atoms with E-state index in [0.717, 1.165) is 21.8 Å². The zero-order chi connectivity index (χ0) is 23.9. The van der Waals surface area contributed by atoms with Crippen molar-refractivity contribution in [2.45, 2.75) is 26.2 Å². The van der Waals surface area contributed by atoms with Crippen molar-refractivity contribution in [3.05, 3.63) is 95.3 Å². The van der Waals surface area contributed by atoms with E-state index in [4.69, 9.17) is 11.4 Å². The molecule has 0 bridgehead atoms. The van der Waals surface area contributed by atoms with E-state index < -0.39 is 0 Å². The predicted octanol–water partition coefficient (Wildman–Crippen LogP) is 7.89. The molecule has 0 saturated heterocycles. The molecule has 0 atom stereocenters. The number of imidazole rings is 1. The average Bonchev–Trinajstić information content (AvgIpc) is 3.17. The fourth-order valence-corrected chi connectivity index (χ4v) is 4.61. The van der Waals surface area contributed by atoms with Crippen LogP contribution in [0.3, 0.4) is 0 Å². The number of halogens is 1. The summed E-state index contributed by atoms with van der Waals surface area (Å²) in [4.78, 5) is 5.75. The summed E-state index contributed by atoms with van der Waals surface area (Å²) in [6.45, 7) is 6.49. The fraction of sp³-hybridized carbons (Fsp3) is 0.138. The number of aromatic nitrogens is 2. The van der Waals surface area contributed by atoms with Gasteiger partial charge in [0, 0.05) is 11.8 Å². The number of fused-ring (bicyclic) bond motifs is 2. The van der Waals surface area contributed by atoms with Crippen LogP contribution in [0.15, 0.2) is 78.3 Å². The molecule has 168 valence electrons. The minimum atomic E-state index is -0.321. The third-order valence-electron chi connectivity index (χ3n) is 5.77. The van der Waals surface area contributed by atoms with E-state index in [1.165, 1.54) is 34.1 Å². The normalized spacial score (nSPS) is 11.5. The van der Waals surface area contributed by atoms with Crippen molar-refractivity contribution >= 4 is 28.5 Å². The minimum Gasteiger partial charge on any atom is -0.337 e. The Morgan fingerprint density at radius 3 is 2.38 bits per heavy atom. The van der Waals surface area contributed by atoms with Crippen LogP contribution in [-0.2, 0) is 5.41 Å². The lowest BCUT2D eigenvalue weighted by Crippen LogP contribution is -2.11. The van der Waals surface area contributed by atoms with E-state index in [-0.39, 0.29) is 11.2 Å². The van der Waals surface area contributed by atoms with Crippen LogP contribution in [0.4, 0.5) is 15.9 Å². The number of terminal acetylenes is 1. The third-order valence-corrected chi connectivity index (χ3v) is 6.69. The van der Waals surface area contributed by atoms with E-state index in [1.807, 2.05) is 22.0 Å². The first-order valence-electron chi connectivity index (χ1n) is 11.0. The molecule has 0 radical (unpaired) electrons. The van der Waals surface area contributed by atoms with Crippen molar-refractivity contribution in [1.29, 1.82) is 0 Å². The zero-order valence-electron chi connectivity index (χ0n) is 19.3. The van der Waals surface area contributed by atoms with Gasteiger partial charge in [0.1, 0.15) is 23.0 Å². The van der Waals surface area contributed by atoms with Gasteiger partial charge < -0.3 is 5.32 Å². The topological polar surface area (TPSA) is 29.3 Å². The van der Waals surface area contributed by atoms with Crippen LogP contribution in [0.5, 0.6) is 0 Å². The van der Waals surface area contributed by atoms with Crippen molar-refractivity contribution in [1.82, 2.24) is 9.38 Å². The van der Waals surface area contributed by atoms with E-state index in [2.05, 4.69) is 68.4 Å². The summed E-state index contributed by atoms with van der Waals surface area (Å²) in [7, 11) is 0. The van der Waals surface area contributed by atoms with Crippen LogP contribution in [-0.4, -0.2) is 9.38 Å². The van der Waals surface area contributed by atoms with Gasteiger partial charge in [0.05, 0.1) is 10.6 Å². The molecule has 34 heavy (non-hydrogen) atoms. The quantitative estimate of drug-likeness (QED) is 0.269. The first kappa shape index (κ1) is 21.9. The summed E-state index contributed by atoms with van der Waals surface area (Å²) >= 11 is 1.53. The molecule has 0 aliphatic heterocycles. The second-order valence-electron chi connectivity index (χ2n) is 9.20. The van der Waals surface area contributed by atoms with Gasteiger partial charge in [-0.15, -0.1) is 17.8 Å². The molecule has 3 heterocycles. The van der Waals surface area contributed by atoms with Gasteiger partial charge in [-0.2, -0.15) is 0 Å². The standard InChI is InChI=1S/C23H20FN3S.C6H4/c1-5-15-11-13-28-21(15)20-22(25-18-9-7-6-8-17(18)24)27-12-10-16(23(2,3)4)14-19(27)26-20;1-2-5-4-6(5)3-1/h1,6-14,25H,2-4H3;1-4H. The van der Waals surface area contributed by atoms with Gasteiger partial charge in [0.15, 0.2) is 0 Å². The number of rotatable bonds is 3. The number of hydrogen-bond donors (Lipinski definition) is 1. The van der Waals surface area contributed by atoms with Crippen molar-refractivity contribution in [2.75, 3.05) is 5.32 Å². The summed E-state index contributed by atoms with van der Waals surface area (Å²) in [6.07, 6.45) is 7.65. The largest absolute Gasteiger partial charge is 0.337 e. The number of thiophene rings is 1. The Bertz CT molecular complexity index is 1530. The highest BCUT2D eigenvalue weighted by atomic mass is 32.1. The molecule has 1 N–H and O–H groups in total. The van der Waals surface area contributed by atoms with Gasteiger partial charge in [0.25, 0.3) is 0 Å². The van der Waals surface area contributed by atoms with E-state index in [9.17, 15) is 4.39 Å². The van der Waals surface area contributed by atoms with Crippen molar-refractivity contribution in [3.8, 4) is 34.0 Å². The minimum absolute atomic E-state index is 0.0000994. The first-order chi connectivity index (χ1) is 16.3. The summed E-state index contributed by atoms with van der Waals surface area (Å²) in [5, 5.41) is 5.17. The molecule has 0 unspecified atom stereocenters. The van der Waals surface area contributed by atoms with Crippen LogP contribution in [0, 0.1) is 18.2 Å². The van der Waals surface area contributed by atoms with Crippen LogP contribution < -0.4 is 5.32 Å². The van der Waals surface area contributed by atoms with Gasteiger partial charge in [0.2, 0.25) is 0 Å². The molecule has 3 aromatic heterocycles. The third kappa shape index (κ3) is 4.21. The smallest absolute Gasteiger partial charge is 0.146 e. The fourth-order valence-electron chi connectivity index (χ4n) is 3.76. The van der Waals surface area contributed by atoms with E-state index in [1.54, 1.807) is 18.2 Å². The molecule has 5 heteroatoms. The Hall–Kier alpha value is -3.88. The Kier molecular flexibility index (Phi) is 5.47. The molecule has 3 nitrogen and oxygen atoms in total. The summed E-state index contributed by atoms with van der Waals surface area (Å²) in [5.41, 5.74) is 6.71. The summed E-state index contributed by atoms with van der Waals surface area (Å²) in [6, 6.07) is 21.1. The molecular weight excluding hydrogens is 441 g/mol. The van der Waals surface area contributed by atoms with Crippen LogP contribution in [0.1, 0.15) is 31.9 Å². The maximum absolute atomic E-state index is 14.3. The van der Waals surface area contributed by atoms with Gasteiger partial charge in [-0.25, -0.2) is 9.37 Å². The second-order valence-corrected chi connectivity index (χ2v) is 10.1. The first-order valence-corrected chi connectivity index (χ1v) is 11.9. The highest BCUT2D eigenvalue weighted by molar-refractivity contribution is 7.13. The van der Waals surface area contributed by atoms with Gasteiger partial charge in [-0.1, -0.05) is 57.0 Å². The molecule has 0 fully saturated rings. The SMILES string of the molecule is C#Cc1ccsc1-c1nc2cc(C(C)(C)C)ccn2c1Nc1ccccc1F.c1cc2cc-2c1. The Morgan fingerprint density at radius 2 is 1.76 bits per heavy atom. The van der Waals surface area contributed by atoms with Crippen molar-refractivity contribution < 1.29 is 4.39 Å². The Balaban J connectivity index is 0.000000343. The number of hydrogen-bond acceptors (Lipinski definition) is 3. The van der Waals surface area contributed by atoms with Crippen LogP contribution in [0.2, 0.25) is 0 Å². The lowest BCUT2D eigenvalue weighted by molar-refractivity contribution is 0.589. The van der Waals surface area contributed by atoms with Gasteiger partial charge in [-0.05, 0) is 63.9 Å². The molecule has 0 saturated carbocycles. The molecule has 0 amide bonds. The number of benzene rings is 2. The number of nitrogens with zero attached hydrogens (tertiary/aromatic N) is 2. The molecular formula is C29H24FN3S. The second kappa shape index (κ2) is 8.48. The number of pyridine rings is 1. The molecule has 4 aromatic rings. The van der Waals surface area contributed by atoms with E-state index in [0.29, 0.717) is 11.5 Å². The van der Waals surface area contributed by atoms with E-state index >= 15 is 0 Å². The maximum Gasteiger partial charge on any atom is 0.146 e. The summed E-state index contributed by atoms with van der Waals surface area (Å²) in [5.74, 6) is 3.09. The molecule has 0 spiro atoms. The Morgan fingerprint density at radius 1 is 1.00 bits per heavy atom. The lowest BCUT2D eigenvalue weighted by atomic mass is 9.88. The Labute approximate surface area is 202 Å². The van der Waals surface area contributed by atoms with Gasteiger partial charge >= 0.3 is 0 Å². The lowest BCUT2D eigenvalue weighted by Gasteiger charge is -2.19. The van der Waals surface area contributed by atoms with Crippen molar-refractivity contribution in [3.63, 3.8) is 0 Å². The maximum atomic E-state index is 14.3. The van der Waals surface area contributed by atoms with Crippen molar-refractivity contribution in [2.24, 2.45) is 0 Å². The predicted molar refractivity (Wildman–Crippen MR) is 140 cm³/mol. The number of para-hydroxylation sites is 1. The number of anilines is 2. The highest BCUT2D eigenvalue weighted by Gasteiger charge is 2.21. The monoisotopic (exact) mass is 465 g/mol. The molecule has 2 aliphatic rings.